The maximum atomic E-state index is 11.4. The van der Waals surface area contributed by atoms with Crippen LogP contribution in [0, 0.1) is 0 Å². The van der Waals surface area contributed by atoms with Crippen LogP contribution in [0.1, 0.15) is 0 Å². The molecule has 2 amide bonds. The first-order valence-electron chi connectivity index (χ1n) is 5.03. The maximum Gasteiger partial charge on any atom is 0.364 e. The predicted octanol–water partition coefficient (Wildman–Crippen LogP) is 3.40. The van der Waals surface area contributed by atoms with E-state index in [0.29, 0.717) is 11.5 Å². The van der Waals surface area contributed by atoms with Gasteiger partial charge in [-0.05, 0) is 24.3 Å². The highest BCUT2D eigenvalue weighted by atomic mass is 16.2. The molecule has 0 aliphatic rings. The van der Waals surface area contributed by atoms with E-state index in [-0.39, 0.29) is 0 Å². The Hall–Kier alpha value is -2.56. The molecule has 1 heterocycles. The molecule has 0 aliphatic heterocycles. The number of anilines is 1. The second-order valence-electron chi connectivity index (χ2n) is 3.18. The molecule has 0 atom stereocenters. The lowest BCUT2D eigenvalue weighted by Gasteiger charge is -1.98. The first-order valence-corrected chi connectivity index (χ1v) is 5.03. The smallest absolute Gasteiger partial charge is 0.305 e. The zero-order valence-corrected chi connectivity index (χ0v) is 8.95. The molecule has 0 spiro atoms. The summed E-state index contributed by atoms with van der Waals surface area (Å²) in [6.07, 6.45) is 1.59. The summed E-state index contributed by atoms with van der Waals surface area (Å²) in [5.41, 5.74) is 0.678. The van der Waals surface area contributed by atoms with Crippen LogP contribution in [-0.4, -0.2) is 11.0 Å². The number of hydrogen-bond acceptors (Lipinski definition) is 3. The number of pyridine rings is 1. The molecular weight excluding hydrogens is 216 g/mol. The largest absolute Gasteiger partial charge is 0.364 e. The first kappa shape index (κ1) is 10.9. The van der Waals surface area contributed by atoms with E-state index in [1.807, 2.05) is 18.2 Å². The Balaban J connectivity index is 1.96. The van der Waals surface area contributed by atoms with E-state index in [0.717, 1.165) is 0 Å². The summed E-state index contributed by atoms with van der Waals surface area (Å²) in [6, 6.07) is 13.7. The molecule has 1 N–H and O–H groups in total. The Labute approximate surface area is 98.2 Å². The average Bonchev–Trinajstić information content (AvgIpc) is 2.39. The summed E-state index contributed by atoms with van der Waals surface area (Å²) in [4.78, 5) is 15.3. The van der Waals surface area contributed by atoms with Crippen molar-refractivity contribution in [2.45, 2.75) is 0 Å². The number of azo groups is 1. The highest BCUT2D eigenvalue weighted by Crippen LogP contribution is 2.08. The van der Waals surface area contributed by atoms with Gasteiger partial charge in [-0.15, -0.1) is 5.11 Å². The second kappa shape index (κ2) is 5.50. The summed E-state index contributed by atoms with van der Waals surface area (Å²) >= 11 is 0. The van der Waals surface area contributed by atoms with Crippen molar-refractivity contribution >= 4 is 17.5 Å². The lowest BCUT2D eigenvalue weighted by Crippen LogP contribution is -2.04. The molecule has 0 radical (unpaired) electrons. The monoisotopic (exact) mass is 226 g/mol. The van der Waals surface area contributed by atoms with Crippen molar-refractivity contribution in [1.82, 2.24) is 4.98 Å². The summed E-state index contributed by atoms with van der Waals surface area (Å²) < 4.78 is 0. The number of carbonyl (C=O) groups is 1. The van der Waals surface area contributed by atoms with E-state index in [1.165, 1.54) is 0 Å². The fraction of sp³-hybridized carbons (Fsp3) is 0. The van der Waals surface area contributed by atoms with Gasteiger partial charge in [-0.2, -0.15) is 0 Å². The molecule has 84 valence electrons. The normalized spacial score (nSPS) is 10.4. The van der Waals surface area contributed by atoms with E-state index in [9.17, 15) is 4.79 Å². The van der Waals surface area contributed by atoms with Gasteiger partial charge in [0.2, 0.25) is 0 Å². The Morgan fingerprint density at radius 3 is 2.53 bits per heavy atom. The quantitative estimate of drug-likeness (QED) is 0.797. The van der Waals surface area contributed by atoms with Crippen molar-refractivity contribution in [1.29, 1.82) is 0 Å². The third-order valence-electron chi connectivity index (χ3n) is 1.92. The van der Waals surface area contributed by atoms with Crippen molar-refractivity contribution in [2.24, 2.45) is 10.2 Å². The predicted molar refractivity (Wildman–Crippen MR) is 64.2 cm³/mol. The Kier molecular flexibility index (Phi) is 3.54. The molecule has 0 saturated carbocycles. The van der Waals surface area contributed by atoms with Crippen LogP contribution in [0.3, 0.4) is 0 Å². The number of rotatable bonds is 2. The van der Waals surface area contributed by atoms with Gasteiger partial charge >= 0.3 is 6.03 Å². The number of hydrogen-bond donors (Lipinski definition) is 1. The van der Waals surface area contributed by atoms with E-state index >= 15 is 0 Å². The van der Waals surface area contributed by atoms with Gasteiger partial charge in [-0.3, -0.25) is 0 Å². The first-order chi connectivity index (χ1) is 8.34. The average molecular weight is 226 g/mol. The van der Waals surface area contributed by atoms with Crippen LogP contribution in [0.5, 0.6) is 0 Å². The van der Waals surface area contributed by atoms with E-state index in [2.05, 4.69) is 20.5 Å². The fourth-order valence-electron chi connectivity index (χ4n) is 1.18. The van der Waals surface area contributed by atoms with Crippen molar-refractivity contribution in [3.8, 4) is 0 Å². The zero-order valence-electron chi connectivity index (χ0n) is 8.95. The summed E-state index contributed by atoms with van der Waals surface area (Å²) in [5, 5.41) is 9.79. The van der Waals surface area contributed by atoms with Gasteiger partial charge in [0.15, 0.2) is 5.82 Å². The minimum Gasteiger partial charge on any atom is -0.305 e. The van der Waals surface area contributed by atoms with Crippen molar-refractivity contribution in [2.75, 3.05) is 5.32 Å². The Morgan fingerprint density at radius 2 is 1.82 bits per heavy atom. The number of aromatic nitrogens is 1. The molecule has 5 heteroatoms. The van der Waals surface area contributed by atoms with Crippen molar-refractivity contribution < 1.29 is 4.79 Å². The summed E-state index contributed by atoms with van der Waals surface area (Å²) in [5.74, 6) is 0.399. The highest BCUT2D eigenvalue weighted by molar-refractivity contribution is 5.89. The van der Waals surface area contributed by atoms with Crippen LogP contribution < -0.4 is 5.32 Å². The molecule has 17 heavy (non-hydrogen) atoms. The molecule has 0 aliphatic carbocycles. The van der Waals surface area contributed by atoms with Gasteiger partial charge in [-0.1, -0.05) is 29.4 Å². The van der Waals surface area contributed by atoms with Crippen LogP contribution in [0.4, 0.5) is 16.3 Å². The van der Waals surface area contributed by atoms with Crippen molar-refractivity contribution in [3.05, 3.63) is 54.7 Å². The fourth-order valence-corrected chi connectivity index (χ4v) is 1.18. The lowest BCUT2D eigenvalue weighted by molar-refractivity contribution is 0.258. The van der Waals surface area contributed by atoms with Gasteiger partial charge in [0.25, 0.3) is 0 Å². The highest BCUT2D eigenvalue weighted by Gasteiger charge is 1.98. The molecule has 0 unspecified atom stereocenters. The molecule has 1 aromatic heterocycles. The maximum absolute atomic E-state index is 11.4. The third kappa shape index (κ3) is 3.49. The van der Waals surface area contributed by atoms with Crippen LogP contribution in [0.25, 0.3) is 0 Å². The molecule has 2 rings (SSSR count). The standard InChI is InChI=1S/C12H10N4O/c17-12(14-10-6-2-1-3-7-10)16-15-11-8-4-5-9-13-11/h1-9H,(H,14,17)/b16-15+. The molecular formula is C12H10N4O. The number of benzene rings is 1. The van der Waals surface area contributed by atoms with Gasteiger partial charge in [-0.25, -0.2) is 9.78 Å². The van der Waals surface area contributed by atoms with Crippen LogP contribution >= 0.6 is 0 Å². The van der Waals surface area contributed by atoms with Gasteiger partial charge in [0.05, 0.1) is 0 Å². The van der Waals surface area contributed by atoms with Crippen LogP contribution in [-0.2, 0) is 0 Å². The molecule has 2 aromatic rings. The van der Waals surface area contributed by atoms with Crippen molar-refractivity contribution in [3.63, 3.8) is 0 Å². The van der Waals surface area contributed by atoms with Crippen LogP contribution in [0.2, 0.25) is 0 Å². The topological polar surface area (TPSA) is 66.7 Å². The Bertz CT molecular complexity index is 511. The second-order valence-corrected chi connectivity index (χ2v) is 3.18. The molecule has 0 bridgehead atoms. The number of nitrogens with one attached hydrogen (secondary N) is 1. The number of nitrogens with zero attached hydrogens (tertiary/aromatic N) is 3. The van der Waals surface area contributed by atoms with E-state index < -0.39 is 6.03 Å². The number of para-hydroxylation sites is 1. The molecule has 0 fully saturated rings. The summed E-state index contributed by atoms with van der Waals surface area (Å²) in [7, 11) is 0. The molecule has 5 nitrogen and oxygen atoms in total. The van der Waals surface area contributed by atoms with E-state index in [4.69, 9.17) is 0 Å². The number of amides is 2. The minimum absolute atomic E-state index is 0.399. The minimum atomic E-state index is -0.526. The van der Waals surface area contributed by atoms with Gasteiger partial charge < -0.3 is 5.32 Å². The summed E-state index contributed by atoms with van der Waals surface area (Å²) in [6.45, 7) is 0. The van der Waals surface area contributed by atoms with Crippen LogP contribution in [0.15, 0.2) is 65.0 Å². The third-order valence-corrected chi connectivity index (χ3v) is 1.92. The molecule has 0 saturated heterocycles. The zero-order chi connectivity index (χ0) is 11.9. The van der Waals surface area contributed by atoms with Gasteiger partial charge in [0, 0.05) is 11.9 Å². The SMILES string of the molecule is O=C(/N=N/c1ccccn1)Nc1ccccc1. The molecule has 1 aromatic carbocycles. The number of carbonyl (C=O) groups excluding carboxylic acids is 1. The van der Waals surface area contributed by atoms with Gasteiger partial charge in [0.1, 0.15) is 0 Å². The lowest BCUT2D eigenvalue weighted by atomic mass is 10.3. The van der Waals surface area contributed by atoms with E-state index in [1.54, 1.807) is 36.5 Å². The number of urea groups is 1. The Morgan fingerprint density at radius 1 is 1.06 bits per heavy atom.